The molecule has 25 heavy (non-hydrogen) atoms. The normalized spacial score (nSPS) is 15.0. The molecule has 0 unspecified atom stereocenters. The molecule has 0 atom stereocenters. The van der Waals surface area contributed by atoms with E-state index in [2.05, 4.69) is 17.3 Å². The second-order valence-corrected chi connectivity index (χ2v) is 6.61. The quantitative estimate of drug-likeness (QED) is 0.861. The summed E-state index contributed by atoms with van der Waals surface area (Å²) >= 11 is 6.01. The van der Waals surface area contributed by atoms with Crippen molar-refractivity contribution < 1.29 is 4.79 Å². The molecule has 0 radical (unpaired) electrons. The Balaban J connectivity index is 0.00000225. The van der Waals surface area contributed by atoms with Gasteiger partial charge in [-0.1, -0.05) is 24.6 Å². The fraction of sp³-hybridized carbons (Fsp3) is 0.444. The maximum atomic E-state index is 12.6. The highest BCUT2D eigenvalue weighted by Crippen LogP contribution is 2.19. The number of piperidine rings is 1. The summed E-state index contributed by atoms with van der Waals surface area (Å²) in [7, 11) is 0. The van der Waals surface area contributed by atoms with Crippen molar-refractivity contribution in [1.82, 2.24) is 20.0 Å². The average molecular weight is 383 g/mol. The van der Waals surface area contributed by atoms with Gasteiger partial charge in [-0.05, 0) is 56.1 Å². The van der Waals surface area contributed by atoms with Crippen molar-refractivity contribution in [3.05, 3.63) is 47.2 Å². The van der Waals surface area contributed by atoms with Gasteiger partial charge in [-0.25, -0.2) is 4.68 Å². The molecule has 1 aliphatic rings. The molecule has 136 valence electrons. The summed E-state index contributed by atoms with van der Waals surface area (Å²) < 4.78 is 1.69. The molecular formula is C18H24Cl2N4O. The molecule has 3 rings (SSSR count). The third-order valence-electron chi connectivity index (χ3n) is 4.47. The molecule has 0 saturated carbocycles. The molecule has 7 heteroatoms. The summed E-state index contributed by atoms with van der Waals surface area (Å²) in [6.45, 7) is 5.77. The van der Waals surface area contributed by atoms with Crippen LogP contribution in [0.5, 0.6) is 0 Å². The van der Waals surface area contributed by atoms with Crippen LogP contribution in [0.25, 0.3) is 5.69 Å². The number of rotatable bonds is 5. The minimum atomic E-state index is 0. The molecule has 1 aromatic carbocycles. The van der Waals surface area contributed by atoms with Crippen molar-refractivity contribution in [3.63, 3.8) is 0 Å². The van der Waals surface area contributed by atoms with Gasteiger partial charge in [0.1, 0.15) is 0 Å². The van der Waals surface area contributed by atoms with Gasteiger partial charge in [0, 0.05) is 24.3 Å². The molecule has 1 aromatic heterocycles. The van der Waals surface area contributed by atoms with Gasteiger partial charge in [0.15, 0.2) is 5.69 Å². The van der Waals surface area contributed by atoms with Crippen LogP contribution >= 0.6 is 24.0 Å². The number of likely N-dealkylation sites (tertiary alicyclic amines) is 1. The molecule has 0 bridgehead atoms. The van der Waals surface area contributed by atoms with Crippen molar-refractivity contribution in [2.45, 2.75) is 19.8 Å². The van der Waals surface area contributed by atoms with Gasteiger partial charge in [-0.15, -0.1) is 12.4 Å². The van der Waals surface area contributed by atoms with E-state index in [4.69, 9.17) is 11.6 Å². The van der Waals surface area contributed by atoms with Crippen LogP contribution in [0.3, 0.4) is 0 Å². The molecule has 2 aromatic rings. The minimum absolute atomic E-state index is 0. The van der Waals surface area contributed by atoms with Crippen LogP contribution in [0.4, 0.5) is 0 Å². The standard InChI is InChI=1S/C18H23ClN4O.ClH/c1-2-20-13-14-6-9-22(10-7-14)18(24)17-8-11-23(21-17)16-5-3-4-15(19)12-16;/h3-5,8,11-12,14,20H,2,6-7,9-10,13H2,1H3;1H. The summed E-state index contributed by atoms with van der Waals surface area (Å²) in [4.78, 5) is 14.6. The smallest absolute Gasteiger partial charge is 0.274 e. The third-order valence-corrected chi connectivity index (χ3v) is 4.70. The van der Waals surface area contributed by atoms with Crippen LogP contribution in [0.2, 0.25) is 5.02 Å². The first-order valence-corrected chi connectivity index (χ1v) is 8.86. The first-order valence-electron chi connectivity index (χ1n) is 8.49. The predicted octanol–water partition coefficient (Wildman–Crippen LogP) is 3.41. The lowest BCUT2D eigenvalue weighted by Gasteiger charge is -2.31. The van der Waals surface area contributed by atoms with E-state index in [1.54, 1.807) is 16.9 Å². The molecule has 1 N–H and O–H groups in total. The Kier molecular flexibility index (Phi) is 7.29. The first kappa shape index (κ1) is 19.8. The van der Waals surface area contributed by atoms with Crippen LogP contribution in [0, 0.1) is 5.92 Å². The second-order valence-electron chi connectivity index (χ2n) is 6.17. The molecule has 1 amide bonds. The van der Waals surface area contributed by atoms with Crippen molar-refractivity contribution in [2.24, 2.45) is 5.92 Å². The van der Waals surface area contributed by atoms with Gasteiger partial charge in [0.2, 0.25) is 0 Å². The Morgan fingerprint density at radius 1 is 1.32 bits per heavy atom. The Morgan fingerprint density at radius 2 is 2.08 bits per heavy atom. The third kappa shape index (κ3) is 4.97. The summed E-state index contributed by atoms with van der Waals surface area (Å²) in [6, 6.07) is 9.20. The summed E-state index contributed by atoms with van der Waals surface area (Å²) in [5, 5.41) is 8.46. The summed E-state index contributed by atoms with van der Waals surface area (Å²) in [5.74, 6) is 0.677. The van der Waals surface area contributed by atoms with E-state index >= 15 is 0 Å². The highest BCUT2D eigenvalue weighted by Gasteiger charge is 2.24. The molecule has 5 nitrogen and oxygen atoms in total. The number of carbonyl (C=O) groups excluding carboxylic acids is 1. The predicted molar refractivity (Wildman–Crippen MR) is 103 cm³/mol. The second kappa shape index (κ2) is 9.22. The van der Waals surface area contributed by atoms with E-state index in [-0.39, 0.29) is 18.3 Å². The Bertz CT molecular complexity index is 696. The first-order chi connectivity index (χ1) is 11.7. The average Bonchev–Trinajstić information content (AvgIpc) is 3.10. The van der Waals surface area contributed by atoms with Gasteiger partial charge >= 0.3 is 0 Å². The highest BCUT2D eigenvalue weighted by molar-refractivity contribution is 6.30. The molecule has 1 saturated heterocycles. The van der Waals surface area contributed by atoms with E-state index in [1.807, 2.05) is 29.2 Å². The van der Waals surface area contributed by atoms with E-state index < -0.39 is 0 Å². The number of nitrogens with one attached hydrogen (secondary N) is 1. The van der Waals surface area contributed by atoms with Gasteiger partial charge in [0.25, 0.3) is 5.91 Å². The zero-order valence-corrected chi connectivity index (χ0v) is 15.9. The van der Waals surface area contributed by atoms with E-state index in [0.717, 1.165) is 44.7 Å². The van der Waals surface area contributed by atoms with Crippen LogP contribution in [0.1, 0.15) is 30.3 Å². The van der Waals surface area contributed by atoms with Crippen LogP contribution in [0.15, 0.2) is 36.5 Å². The van der Waals surface area contributed by atoms with Crippen LogP contribution in [-0.4, -0.2) is 46.8 Å². The van der Waals surface area contributed by atoms with E-state index in [9.17, 15) is 4.79 Å². The zero-order valence-electron chi connectivity index (χ0n) is 14.3. The van der Waals surface area contributed by atoms with Crippen molar-refractivity contribution in [3.8, 4) is 5.69 Å². The van der Waals surface area contributed by atoms with Gasteiger partial charge in [-0.2, -0.15) is 5.10 Å². The number of hydrogen-bond acceptors (Lipinski definition) is 3. The van der Waals surface area contributed by atoms with Crippen LogP contribution < -0.4 is 5.32 Å². The lowest BCUT2D eigenvalue weighted by Crippen LogP contribution is -2.41. The molecule has 2 heterocycles. The number of nitrogens with zero attached hydrogens (tertiary/aromatic N) is 3. The molecule has 1 aliphatic heterocycles. The number of amides is 1. The molecule has 0 spiro atoms. The van der Waals surface area contributed by atoms with Crippen LogP contribution in [-0.2, 0) is 0 Å². The number of carbonyl (C=O) groups is 1. The van der Waals surface area contributed by atoms with Gasteiger partial charge in [-0.3, -0.25) is 4.79 Å². The van der Waals surface area contributed by atoms with Crippen molar-refractivity contribution >= 4 is 29.9 Å². The SMILES string of the molecule is CCNCC1CCN(C(=O)c2ccn(-c3cccc(Cl)c3)n2)CC1.Cl. The maximum absolute atomic E-state index is 12.6. The van der Waals surface area contributed by atoms with Gasteiger partial charge < -0.3 is 10.2 Å². The summed E-state index contributed by atoms with van der Waals surface area (Å²) in [5.41, 5.74) is 1.34. The Labute approximate surface area is 159 Å². The minimum Gasteiger partial charge on any atom is -0.337 e. The molecular weight excluding hydrogens is 359 g/mol. The number of halogens is 2. The van der Waals surface area contributed by atoms with E-state index in [1.165, 1.54) is 0 Å². The van der Waals surface area contributed by atoms with Crippen molar-refractivity contribution in [1.29, 1.82) is 0 Å². The summed E-state index contributed by atoms with van der Waals surface area (Å²) in [6.07, 6.45) is 3.90. The monoisotopic (exact) mass is 382 g/mol. The Hall–Kier alpha value is -1.56. The highest BCUT2D eigenvalue weighted by atomic mass is 35.5. The Morgan fingerprint density at radius 3 is 2.76 bits per heavy atom. The fourth-order valence-electron chi connectivity index (χ4n) is 3.05. The largest absolute Gasteiger partial charge is 0.337 e. The lowest BCUT2D eigenvalue weighted by molar-refractivity contribution is 0.0684. The van der Waals surface area contributed by atoms with E-state index in [0.29, 0.717) is 16.6 Å². The number of benzene rings is 1. The maximum Gasteiger partial charge on any atom is 0.274 e. The fourth-order valence-corrected chi connectivity index (χ4v) is 3.24. The van der Waals surface area contributed by atoms with Gasteiger partial charge in [0.05, 0.1) is 5.69 Å². The lowest BCUT2D eigenvalue weighted by atomic mass is 9.96. The number of hydrogen-bond donors (Lipinski definition) is 1. The van der Waals surface area contributed by atoms with Crippen molar-refractivity contribution in [2.75, 3.05) is 26.2 Å². The zero-order chi connectivity index (χ0) is 16.9. The topological polar surface area (TPSA) is 50.2 Å². The molecule has 1 fully saturated rings. The molecule has 0 aliphatic carbocycles. The number of aromatic nitrogens is 2.